The summed E-state index contributed by atoms with van der Waals surface area (Å²) in [6, 6.07) is 3.70. The number of unbranched alkanes of at least 4 members (excludes halogenated alkanes) is 2. The van der Waals surface area contributed by atoms with E-state index in [1.165, 1.54) is 12.1 Å². The molecule has 26 heavy (non-hydrogen) atoms. The number of benzene rings is 1. The summed E-state index contributed by atoms with van der Waals surface area (Å²) in [6.45, 7) is 0.458. The molecule has 1 fully saturated rings. The number of ether oxygens (including phenoxy) is 1. The monoisotopic (exact) mass is 354 g/mol. The van der Waals surface area contributed by atoms with E-state index in [2.05, 4.69) is 11.2 Å². The van der Waals surface area contributed by atoms with Crippen LogP contribution in [0.1, 0.15) is 52.8 Å². The van der Waals surface area contributed by atoms with Crippen LogP contribution in [0.15, 0.2) is 18.2 Å². The van der Waals surface area contributed by atoms with E-state index in [1.807, 2.05) is 0 Å². The van der Waals surface area contributed by atoms with Crippen LogP contribution >= 0.6 is 0 Å². The number of amides is 4. The number of hydrogen-bond acceptors (Lipinski definition) is 5. The Kier molecular flexibility index (Phi) is 5.03. The van der Waals surface area contributed by atoms with Crippen LogP contribution in [0.5, 0.6) is 5.75 Å². The molecule has 1 aromatic rings. The molecular weight excluding hydrogens is 336 g/mol. The molecule has 7 nitrogen and oxygen atoms in total. The van der Waals surface area contributed by atoms with E-state index >= 15 is 0 Å². The van der Waals surface area contributed by atoms with Crippen molar-refractivity contribution in [2.75, 3.05) is 6.61 Å². The number of terminal acetylenes is 1. The highest BCUT2D eigenvalue weighted by Gasteiger charge is 2.44. The fourth-order valence-corrected chi connectivity index (χ4v) is 3.06. The summed E-state index contributed by atoms with van der Waals surface area (Å²) in [5.41, 5.74) is 0.445. The highest BCUT2D eigenvalue weighted by molar-refractivity contribution is 6.23. The molecule has 0 spiro atoms. The zero-order valence-electron chi connectivity index (χ0n) is 14.1. The number of hydrogen-bond donors (Lipinski definition) is 1. The first-order valence-electron chi connectivity index (χ1n) is 8.45. The van der Waals surface area contributed by atoms with Gasteiger partial charge in [0.05, 0.1) is 17.7 Å². The van der Waals surface area contributed by atoms with Gasteiger partial charge in [-0.05, 0) is 37.5 Å². The van der Waals surface area contributed by atoms with Crippen LogP contribution in [-0.4, -0.2) is 41.2 Å². The number of carbonyl (C=O) groups is 4. The second-order valence-corrected chi connectivity index (χ2v) is 6.16. The fraction of sp³-hybridized carbons (Fsp3) is 0.368. The van der Waals surface area contributed by atoms with Crippen molar-refractivity contribution in [2.45, 2.75) is 38.1 Å². The third kappa shape index (κ3) is 3.31. The standard InChI is InChI=1S/C19H18N2O5/c1-2-3-4-5-10-26-12-6-7-13-14(11-12)19(25)21(18(13)24)15-8-9-16(22)20-17(15)23/h1,6-7,11,15H,3-5,8-10H2,(H,20,22,23). The summed E-state index contributed by atoms with van der Waals surface area (Å²) in [5.74, 6) is 0.943. The first-order valence-corrected chi connectivity index (χ1v) is 8.45. The zero-order valence-corrected chi connectivity index (χ0v) is 14.1. The van der Waals surface area contributed by atoms with Crippen LogP contribution in [0.2, 0.25) is 0 Å². The molecule has 0 radical (unpaired) electrons. The molecule has 0 aliphatic carbocycles. The second-order valence-electron chi connectivity index (χ2n) is 6.16. The number of imide groups is 2. The van der Waals surface area contributed by atoms with Crippen LogP contribution < -0.4 is 10.1 Å². The first-order chi connectivity index (χ1) is 12.5. The molecule has 1 unspecified atom stereocenters. The molecule has 134 valence electrons. The smallest absolute Gasteiger partial charge is 0.262 e. The van der Waals surface area contributed by atoms with E-state index in [4.69, 9.17) is 11.2 Å². The van der Waals surface area contributed by atoms with Gasteiger partial charge in [-0.25, -0.2) is 0 Å². The van der Waals surface area contributed by atoms with Crippen LogP contribution in [-0.2, 0) is 9.59 Å². The fourth-order valence-electron chi connectivity index (χ4n) is 3.06. The van der Waals surface area contributed by atoms with Crippen molar-refractivity contribution >= 4 is 23.6 Å². The van der Waals surface area contributed by atoms with Crippen molar-refractivity contribution in [1.29, 1.82) is 0 Å². The topological polar surface area (TPSA) is 92.8 Å². The van der Waals surface area contributed by atoms with Gasteiger partial charge in [0.25, 0.3) is 11.8 Å². The number of fused-ring (bicyclic) bond motifs is 1. The maximum absolute atomic E-state index is 12.7. The van der Waals surface area contributed by atoms with Crippen LogP contribution in [0.25, 0.3) is 0 Å². The predicted octanol–water partition coefficient (Wildman–Crippen LogP) is 1.27. The van der Waals surface area contributed by atoms with Gasteiger partial charge in [-0.2, -0.15) is 0 Å². The number of piperidine rings is 1. The van der Waals surface area contributed by atoms with Crippen molar-refractivity contribution in [1.82, 2.24) is 10.2 Å². The van der Waals surface area contributed by atoms with Gasteiger partial charge in [0.1, 0.15) is 11.8 Å². The normalized spacial score (nSPS) is 19.2. The van der Waals surface area contributed by atoms with Crippen LogP contribution in [0.3, 0.4) is 0 Å². The third-order valence-electron chi connectivity index (χ3n) is 4.40. The Morgan fingerprint density at radius 3 is 2.65 bits per heavy atom. The minimum Gasteiger partial charge on any atom is -0.494 e. The lowest BCUT2D eigenvalue weighted by Gasteiger charge is -2.27. The Bertz CT molecular complexity index is 824. The summed E-state index contributed by atoms with van der Waals surface area (Å²) in [6.07, 6.45) is 7.74. The van der Waals surface area contributed by atoms with E-state index in [9.17, 15) is 19.2 Å². The SMILES string of the molecule is C#CCCCCOc1ccc2c(c1)C(=O)N(C1CCC(=O)NC1=O)C2=O. The molecule has 2 heterocycles. The van der Waals surface area contributed by atoms with Gasteiger partial charge < -0.3 is 4.74 Å². The van der Waals surface area contributed by atoms with Crippen molar-refractivity contribution in [3.05, 3.63) is 29.3 Å². The van der Waals surface area contributed by atoms with Gasteiger partial charge in [-0.1, -0.05) is 0 Å². The third-order valence-corrected chi connectivity index (χ3v) is 4.40. The van der Waals surface area contributed by atoms with Gasteiger partial charge in [0.15, 0.2) is 0 Å². The molecule has 7 heteroatoms. The van der Waals surface area contributed by atoms with Crippen molar-refractivity contribution in [3.63, 3.8) is 0 Å². The lowest BCUT2D eigenvalue weighted by molar-refractivity contribution is -0.136. The second kappa shape index (κ2) is 7.40. The number of nitrogens with one attached hydrogen (secondary N) is 1. The maximum atomic E-state index is 12.7. The Labute approximate surface area is 150 Å². The van der Waals surface area contributed by atoms with Crippen molar-refractivity contribution in [2.24, 2.45) is 0 Å². The molecular formula is C19H18N2O5. The lowest BCUT2D eigenvalue weighted by atomic mass is 10.0. The zero-order chi connectivity index (χ0) is 18.7. The molecule has 0 aromatic heterocycles. The van der Waals surface area contributed by atoms with Crippen LogP contribution in [0, 0.1) is 12.3 Å². The van der Waals surface area contributed by atoms with Gasteiger partial charge >= 0.3 is 0 Å². The summed E-state index contributed by atoms with van der Waals surface area (Å²) in [5, 5.41) is 2.17. The molecule has 1 aromatic carbocycles. The molecule has 4 amide bonds. The predicted molar refractivity (Wildman–Crippen MR) is 91.3 cm³/mol. The molecule has 1 N–H and O–H groups in total. The van der Waals surface area contributed by atoms with E-state index in [0.717, 1.165) is 17.7 Å². The first kappa shape index (κ1) is 17.7. The molecule has 1 saturated heterocycles. The molecule has 3 rings (SSSR count). The molecule has 2 aliphatic rings. The molecule has 2 aliphatic heterocycles. The van der Waals surface area contributed by atoms with Crippen molar-refractivity contribution in [3.8, 4) is 18.1 Å². The van der Waals surface area contributed by atoms with E-state index in [-0.39, 0.29) is 24.0 Å². The highest BCUT2D eigenvalue weighted by atomic mass is 16.5. The Hall–Kier alpha value is -3.14. The lowest BCUT2D eigenvalue weighted by Crippen LogP contribution is -2.54. The van der Waals surface area contributed by atoms with E-state index < -0.39 is 29.7 Å². The Balaban J connectivity index is 1.72. The number of carbonyl (C=O) groups excluding carboxylic acids is 4. The van der Waals surface area contributed by atoms with E-state index in [1.54, 1.807) is 6.07 Å². The van der Waals surface area contributed by atoms with Gasteiger partial charge in [0, 0.05) is 12.8 Å². The van der Waals surface area contributed by atoms with Gasteiger partial charge in [-0.3, -0.25) is 29.4 Å². The van der Waals surface area contributed by atoms with Crippen molar-refractivity contribution < 1.29 is 23.9 Å². The molecule has 0 saturated carbocycles. The van der Waals surface area contributed by atoms with Gasteiger partial charge in [0.2, 0.25) is 11.8 Å². The van der Waals surface area contributed by atoms with Crippen LogP contribution in [0.4, 0.5) is 0 Å². The van der Waals surface area contributed by atoms with E-state index in [0.29, 0.717) is 18.8 Å². The maximum Gasteiger partial charge on any atom is 0.262 e. The quantitative estimate of drug-likeness (QED) is 0.472. The Morgan fingerprint density at radius 1 is 1.15 bits per heavy atom. The summed E-state index contributed by atoms with van der Waals surface area (Å²) >= 11 is 0. The number of rotatable bonds is 6. The minimum atomic E-state index is -0.965. The summed E-state index contributed by atoms with van der Waals surface area (Å²) < 4.78 is 5.60. The molecule has 1 atom stereocenters. The van der Waals surface area contributed by atoms with Gasteiger partial charge in [-0.15, -0.1) is 12.3 Å². The number of nitrogens with zero attached hydrogens (tertiary/aromatic N) is 1. The Morgan fingerprint density at radius 2 is 1.92 bits per heavy atom. The highest BCUT2D eigenvalue weighted by Crippen LogP contribution is 2.30. The largest absolute Gasteiger partial charge is 0.494 e. The average molecular weight is 354 g/mol. The molecule has 0 bridgehead atoms. The summed E-state index contributed by atoms with van der Waals surface area (Å²) in [4.78, 5) is 49.4. The average Bonchev–Trinajstić information content (AvgIpc) is 2.86. The minimum absolute atomic E-state index is 0.0931. The summed E-state index contributed by atoms with van der Waals surface area (Å²) in [7, 11) is 0.